The van der Waals surface area contributed by atoms with Crippen LogP contribution >= 0.6 is 11.8 Å². The number of ether oxygens (including phenoxy) is 1. The Balaban J connectivity index is 2.95. The molecule has 0 radical (unpaired) electrons. The van der Waals surface area contributed by atoms with Gasteiger partial charge >= 0.3 is 5.97 Å². The van der Waals surface area contributed by atoms with Crippen LogP contribution in [0.1, 0.15) is 51.9 Å². The van der Waals surface area contributed by atoms with Crippen molar-refractivity contribution in [2.45, 2.75) is 51.9 Å². The van der Waals surface area contributed by atoms with Gasteiger partial charge in [0.2, 0.25) is 0 Å². The molecule has 0 amide bonds. The van der Waals surface area contributed by atoms with Crippen molar-refractivity contribution in [1.82, 2.24) is 0 Å². The molecular formula is C12H24O2S. The van der Waals surface area contributed by atoms with Gasteiger partial charge in [-0.3, -0.25) is 4.79 Å². The molecule has 0 aromatic rings. The van der Waals surface area contributed by atoms with Crippen LogP contribution in [0.5, 0.6) is 0 Å². The summed E-state index contributed by atoms with van der Waals surface area (Å²) in [6.07, 6.45) is 7.89. The number of thioether (sulfide) groups is 1. The molecule has 0 fully saturated rings. The van der Waals surface area contributed by atoms with Crippen molar-refractivity contribution < 1.29 is 9.53 Å². The molecule has 0 aliphatic carbocycles. The molecule has 15 heavy (non-hydrogen) atoms. The van der Waals surface area contributed by atoms with Gasteiger partial charge in [0, 0.05) is 6.42 Å². The molecule has 0 unspecified atom stereocenters. The summed E-state index contributed by atoms with van der Waals surface area (Å²) in [5, 5.41) is 0. The third-order valence-electron chi connectivity index (χ3n) is 2.29. The quantitative estimate of drug-likeness (QED) is 0.425. The van der Waals surface area contributed by atoms with E-state index in [1.54, 1.807) is 0 Å². The highest BCUT2D eigenvalue weighted by Crippen LogP contribution is 2.10. The highest BCUT2D eigenvalue weighted by molar-refractivity contribution is 7.99. The SMILES string of the molecule is CCCCSCCCCCCC(=O)OC. The molecule has 0 aliphatic heterocycles. The Morgan fingerprint density at radius 1 is 1.07 bits per heavy atom. The van der Waals surface area contributed by atoms with Crippen LogP contribution < -0.4 is 0 Å². The molecular weight excluding hydrogens is 208 g/mol. The largest absolute Gasteiger partial charge is 0.469 e. The third-order valence-corrected chi connectivity index (χ3v) is 3.44. The van der Waals surface area contributed by atoms with E-state index in [0.29, 0.717) is 6.42 Å². The van der Waals surface area contributed by atoms with Gasteiger partial charge in [-0.15, -0.1) is 0 Å². The monoisotopic (exact) mass is 232 g/mol. The predicted molar refractivity (Wildman–Crippen MR) is 67.3 cm³/mol. The fourth-order valence-corrected chi connectivity index (χ4v) is 2.38. The molecule has 0 heterocycles. The van der Waals surface area contributed by atoms with Crippen LogP contribution in [0.15, 0.2) is 0 Å². The zero-order valence-electron chi connectivity index (χ0n) is 10.1. The van der Waals surface area contributed by atoms with Crippen LogP contribution in [0.4, 0.5) is 0 Å². The summed E-state index contributed by atoms with van der Waals surface area (Å²) in [7, 11) is 1.45. The maximum absolute atomic E-state index is 10.8. The molecule has 0 saturated heterocycles. The summed E-state index contributed by atoms with van der Waals surface area (Å²) in [6.45, 7) is 2.23. The van der Waals surface area contributed by atoms with Crippen molar-refractivity contribution in [2.75, 3.05) is 18.6 Å². The standard InChI is InChI=1S/C12H24O2S/c1-3-4-10-15-11-8-6-5-7-9-12(13)14-2/h3-11H2,1-2H3. The Labute approximate surface area is 98.2 Å². The first-order valence-corrected chi connectivity index (χ1v) is 7.11. The maximum Gasteiger partial charge on any atom is 0.305 e. The zero-order chi connectivity index (χ0) is 11.4. The number of rotatable bonds is 10. The number of unbranched alkanes of at least 4 members (excludes halogenated alkanes) is 4. The van der Waals surface area contributed by atoms with Crippen molar-refractivity contribution in [2.24, 2.45) is 0 Å². The van der Waals surface area contributed by atoms with Crippen LogP contribution in [0, 0.1) is 0 Å². The molecule has 2 nitrogen and oxygen atoms in total. The fraction of sp³-hybridized carbons (Fsp3) is 0.917. The Bertz CT molecular complexity index is 149. The average Bonchev–Trinajstić information content (AvgIpc) is 2.26. The van der Waals surface area contributed by atoms with Gasteiger partial charge in [0.05, 0.1) is 7.11 Å². The zero-order valence-corrected chi connectivity index (χ0v) is 10.9. The van der Waals surface area contributed by atoms with Crippen LogP contribution in [0.3, 0.4) is 0 Å². The lowest BCUT2D eigenvalue weighted by atomic mass is 10.1. The van der Waals surface area contributed by atoms with Crippen molar-refractivity contribution >= 4 is 17.7 Å². The number of hydrogen-bond acceptors (Lipinski definition) is 3. The smallest absolute Gasteiger partial charge is 0.305 e. The lowest BCUT2D eigenvalue weighted by molar-refractivity contribution is -0.140. The Hall–Kier alpha value is -0.180. The first-order chi connectivity index (χ1) is 7.31. The molecule has 0 atom stereocenters. The van der Waals surface area contributed by atoms with Gasteiger partial charge in [-0.05, 0) is 30.8 Å². The second-order valence-electron chi connectivity index (χ2n) is 3.71. The molecule has 0 N–H and O–H groups in total. The Morgan fingerprint density at radius 2 is 1.73 bits per heavy atom. The normalized spacial score (nSPS) is 10.3. The first kappa shape index (κ1) is 14.8. The maximum atomic E-state index is 10.8. The van der Waals surface area contributed by atoms with Gasteiger partial charge in [0.1, 0.15) is 0 Å². The number of carbonyl (C=O) groups is 1. The second kappa shape index (κ2) is 11.9. The minimum atomic E-state index is -0.0766. The highest BCUT2D eigenvalue weighted by atomic mass is 32.2. The minimum absolute atomic E-state index is 0.0766. The molecule has 3 heteroatoms. The molecule has 90 valence electrons. The average molecular weight is 232 g/mol. The van der Waals surface area contributed by atoms with Crippen molar-refractivity contribution in [3.05, 3.63) is 0 Å². The summed E-state index contributed by atoms with van der Waals surface area (Å²) >= 11 is 2.06. The van der Waals surface area contributed by atoms with E-state index < -0.39 is 0 Å². The highest BCUT2D eigenvalue weighted by Gasteiger charge is 1.98. The van der Waals surface area contributed by atoms with Gasteiger partial charge in [-0.25, -0.2) is 0 Å². The van der Waals surface area contributed by atoms with Crippen LogP contribution in [0.2, 0.25) is 0 Å². The van der Waals surface area contributed by atoms with Gasteiger partial charge in [-0.1, -0.05) is 26.2 Å². The second-order valence-corrected chi connectivity index (χ2v) is 4.93. The number of carbonyl (C=O) groups excluding carboxylic acids is 1. The van der Waals surface area contributed by atoms with Gasteiger partial charge in [0.25, 0.3) is 0 Å². The topological polar surface area (TPSA) is 26.3 Å². The van der Waals surface area contributed by atoms with Gasteiger partial charge < -0.3 is 4.74 Å². The number of methoxy groups -OCH3 is 1. The van der Waals surface area contributed by atoms with E-state index in [2.05, 4.69) is 23.4 Å². The van der Waals surface area contributed by atoms with E-state index in [9.17, 15) is 4.79 Å². The summed E-state index contributed by atoms with van der Waals surface area (Å²) < 4.78 is 4.58. The van der Waals surface area contributed by atoms with Crippen molar-refractivity contribution in [1.29, 1.82) is 0 Å². The van der Waals surface area contributed by atoms with Gasteiger partial charge in [0.15, 0.2) is 0 Å². The molecule has 0 spiro atoms. The lowest BCUT2D eigenvalue weighted by Crippen LogP contribution is -1.99. The Morgan fingerprint density at radius 3 is 2.40 bits per heavy atom. The first-order valence-electron chi connectivity index (χ1n) is 5.95. The van der Waals surface area contributed by atoms with Gasteiger partial charge in [-0.2, -0.15) is 11.8 Å². The van der Waals surface area contributed by atoms with Crippen LogP contribution in [-0.4, -0.2) is 24.6 Å². The molecule has 0 bridgehead atoms. The van der Waals surface area contributed by atoms with E-state index in [1.807, 2.05) is 0 Å². The minimum Gasteiger partial charge on any atom is -0.469 e. The summed E-state index contributed by atoms with van der Waals surface area (Å²) in [5.74, 6) is 2.50. The van der Waals surface area contributed by atoms with E-state index in [4.69, 9.17) is 0 Å². The van der Waals surface area contributed by atoms with E-state index in [-0.39, 0.29) is 5.97 Å². The number of hydrogen-bond donors (Lipinski definition) is 0. The van der Waals surface area contributed by atoms with E-state index in [0.717, 1.165) is 12.8 Å². The molecule has 0 saturated carbocycles. The Kier molecular flexibility index (Phi) is 11.7. The summed E-state index contributed by atoms with van der Waals surface area (Å²) in [4.78, 5) is 10.8. The summed E-state index contributed by atoms with van der Waals surface area (Å²) in [6, 6.07) is 0. The molecule has 0 aromatic carbocycles. The fourth-order valence-electron chi connectivity index (χ4n) is 1.28. The van der Waals surface area contributed by atoms with Crippen molar-refractivity contribution in [3.8, 4) is 0 Å². The van der Waals surface area contributed by atoms with E-state index >= 15 is 0 Å². The van der Waals surface area contributed by atoms with E-state index in [1.165, 1.54) is 44.3 Å². The number of esters is 1. The van der Waals surface area contributed by atoms with Crippen molar-refractivity contribution in [3.63, 3.8) is 0 Å². The predicted octanol–water partition coefficient (Wildman–Crippen LogP) is 3.64. The third kappa shape index (κ3) is 11.7. The molecule has 0 rings (SSSR count). The van der Waals surface area contributed by atoms with Crippen LogP contribution in [-0.2, 0) is 9.53 Å². The molecule has 0 aliphatic rings. The summed E-state index contributed by atoms with van der Waals surface area (Å²) in [5.41, 5.74) is 0. The molecule has 0 aromatic heterocycles. The lowest BCUT2D eigenvalue weighted by Gasteiger charge is -2.01. The van der Waals surface area contributed by atoms with Crippen LogP contribution in [0.25, 0.3) is 0 Å².